The van der Waals surface area contributed by atoms with Crippen molar-refractivity contribution in [1.82, 2.24) is 15.2 Å². The molecule has 2 N–H and O–H groups in total. The van der Waals surface area contributed by atoms with Gasteiger partial charge in [-0.05, 0) is 80.6 Å². The quantitative estimate of drug-likeness (QED) is 0.537. The second kappa shape index (κ2) is 10.4. The fourth-order valence-corrected chi connectivity index (χ4v) is 7.02. The largest absolute Gasteiger partial charge is 0.372 e. The Bertz CT molecular complexity index is 1260. The molecular weight excluding hydrogens is 516 g/mol. The summed E-state index contributed by atoms with van der Waals surface area (Å²) in [6.45, 7) is 7.98. The van der Waals surface area contributed by atoms with E-state index in [1.54, 1.807) is 17.2 Å². The van der Waals surface area contributed by atoms with E-state index in [1.807, 2.05) is 6.07 Å². The number of halogens is 1. The number of nitrogens with one attached hydrogen (secondary N) is 2. The molecule has 3 aliphatic heterocycles. The average molecular weight is 549 g/mol. The SMILES string of the molecule is N#Cc1ncc(N2C(=N)C3(CCC3)N(c3ccc(N4CCC(CN5CCNCC5)CC4)cc3)C2=S)cc1Cl. The maximum absolute atomic E-state index is 9.20. The predicted molar refractivity (Wildman–Crippen MR) is 157 cm³/mol. The van der Waals surface area contributed by atoms with Crippen molar-refractivity contribution in [2.45, 2.75) is 37.6 Å². The Morgan fingerprint density at radius 1 is 1.08 bits per heavy atom. The van der Waals surface area contributed by atoms with Crippen LogP contribution in [-0.2, 0) is 0 Å². The second-order valence-electron chi connectivity index (χ2n) is 10.8. The van der Waals surface area contributed by atoms with E-state index in [4.69, 9.17) is 29.2 Å². The monoisotopic (exact) mass is 548 g/mol. The number of benzene rings is 1. The Labute approximate surface area is 234 Å². The number of aromatic nitrogens is 1. The average Bonchev–Trinajstić information content (AvgIpc) is 3.16. The van der Waals surface area contributed by atoms with Gasteiger partial charge in [0.15, 0.2) is 10.8 Å². The van der Waals surface area contributed by atoms with Gasteiger partial charge in [-0.15, -0.1) is 0 Å². The fourth-order valence-electron chi connectivity index (χ4n) is 6.34. The topological polar surface area (TPSA) is 85.5 Å². The van der Waals surface area contributed by atoms with Crippen LogP contribution in [0.25, 0.3) is 0 Å². The molecule has 0 amide bonds. The Kier molecular flexibility index (Phi) is 6.99. The lowest BCUT2D eigenvalue weighted by molar-refractivity contribution is 0.190. The number of rotatable bonds is 5. The molecule has 198 valence electrons. The van der Waals surface area contributed by atoms with Crippen LogP contribution < -0.4 is 20.0 Å². The number of hydrogen-bond acceptors (Lipinski definition) is 7. The Morgan fingerprint density at radius 2 is 1.76 bits per heavy atom. The van der Waals surface area contributed by atoms with Crippen LogP contribution >= 0.6 is 23.8 Å². The van der Waals surface area contributed by atoms with Crippen LogP contribution in [0, 0.1) is 22.7 Å². The maximum Gasteiger partial charge on any atom is 0.187 e. The molecule has 38 heavy (non-hydrogen) atoms. The molecule has 2 aromatic rings. The van der Waals surface area contributed by atoms with Crippen LogP contribution in [0.3, 0.4) is 0 Å². The summed E-state index contributed by atoms with van der Waals surface area (Å²) < 4.78 is 0. The standard InChI is InChI=1S/C28H33ClN8S/c29-24-16-23(18-33-25(24)17-30)36-26(31)28(8-1-9-28)37(27(36)38)22-4-2-21(3-5-22)35-12-6-20(7-13-35)19-34-14-10-32-11-15-34/h2-5,16,18,20,31-32H,1,6-15,19H2. The lowest BCUT2D eigenvalue weighted by Gasteiger charge is -2.44. The molecular formula is C28H33ClN8S. The summed E-state index contributed by atoms with van der Waals surface area (Å²) in [4.78, 5) is 13.2. The highest BCUT2D eigenvalue weighted by atomic mass is 35.5. The van der Waals surface area contributed by atoms with Crippen LogP contribution in [0.5, 0.6) is 0 Å². The van der Waals surface area contributed by atoms with E-state index in [0.29, 0.717) is 16.6 Å². The van der Waals surface area contributed by atoms with E-state index in [2.05, 4.69) is 49.3 Å². The fraction of sp³-hybridized carbons (Fsp3) is 0.500. The van der Waals surface area contributed by atoms with Gasteiger partial charge in [-0.1, -0.05) is 11.6 Å². The number of hydrogen-bond donors (Lipinski definition) is 2. The predicted octanol–water partition coefficient (Wildman–Crippen LogP) is 4.24. The number of amidine groups is 1. The third-order valence-corrected chi connectivity index (χ3v) is 9.31. The first-order chi connectivity index (χ1) is 18.5. The molecule has 4 fully saturated rings. The zero-order valence-electron chi connectivity index (χ0n) is 21.5. The highest BCUT2D eigenvalue weighted by Gasteiger charge is 2.57. The number of piperazine rings is 1. The molecule has 1 spiro atoms. The van der Waals surface area contributed by atoms with Crippen LogP contribution in [0.1, 0.15) is 37.8 Å². The Morgan fingerprint density at radius 3 is 2.37 bits per heavy atom. The molecule has 4 heterocycles. The van der Waals surface area contributed by atoms with Crippen molar-refractivity contribution in [2.75, 3.05) is 60.5 Å². The Hall–Kier alpha value is -2.77. The van der Waals surface area contributed by atoms with Crippen molar-refractivity contribution in [3.63, 3.8) is 0 Å². The van der Waals surface area contributed by atoms with Gasteiger partial charge in [0.1, 0.15) is 17.4 Å². The molecule has 1 aromatic heterocycles. The maximum atomic E-state index is 9.20. The summed E-state index contributed by atoms with van der Waals surface area (Å²) in [7, 11) is 0. The van der Waals surface area contributed by atoms with Crippen LogP contribution in [0.2, 0.25) is 5.02 Å². The highest BCUT2D eigenvalue weighted by Crippen LogP contribution is 2.48. The van der Waals surface area contributed by atoms with Crippen molar-refractivity contribution >= 4 is 51.8 Å². The lowest BCUT2D eigenvalue weighted by Crippen LogP contribution is -2.55. The number of pyridine rings is 1. The van der Waals surface area contributed by atoms with Gasteiger partial charge < -0.3 is 20.0 Å². The molecule has 0 atom stereocenters. The van der Waals surface area contributed by atoms with E-state index < -0.39 is 5.54 Å². The zero-order chi connectivity index (χ0) is 26.3. The second-order valence-corrected chi connectivity index (χ2v) is 11.6. The van der Waals surface area contributed by atoms with E-state index >= 15 is 0 Å². The molecule has 1 aliphatic carbocycles. The molecule has 6 rings (SSSR count). The minimum absolute atomic E-state index is 0.172. The summed E-state index contributed by atoms with van der Waals surface area (Å²) in [6.07, 6.45) is 6.86. The molecule has 3 saturated heterocycles. The van der Waals surface area contributed by atoms with Crippen molar-refractivity contribution in [1.29, 1.82) is 10.7 Å². The summed E-state index contributed by atoms with van der Waals surface area (Å²) in [5.41, 5.74) is 2.61. The van der Waals surface area contributed by atoms with Gasteiger partial charge in [-0.3, -0.25) is 10.3 Å². The van der Waals surface area contributed by atoms with Crippen LogP contribution in [0.4, 0.5) is 17.1 Å². The van der Waals surface area contributed by atoms with Gasteiger partial charge >= 0.3 is 0 Å². The van der Waals surface area contributed by atoms with E-state index in [0.717, 1.165) is 57.0 Å². The van der Waals surface area contributed by atoms with Gasteiger partial charge in [-0.2, -0.15) is 5.26 Å². The number of piperidine rings is 1. The minimum Gasteiger partial charge on any atom is -0.372 e. The minimum atomic E-state index is -0.443. The summed E-state index contributed by atoms with van der Waals surface area (Å²) >= 11 is 12.2. The molecule has 0 unspecified atom stereocenters. The van der Waals surface area contributed by atoms with Crippen LogP contribution in [0.15, 0.2) is 36.5 Å². The van der Waals surface area contributed by atoms with E-state index in [1.165, 1.54) is 38.2 Å². The van der Waals surface area contributed by atoms with Crippen molar-refractivity contribution in [2.24, 2.45) is 5.92 Å². The summed E-state index contributed by atoms with van der Waals surface area (Å²) in [6, 6.07) is 12.4. The first-order valence-corrected chi connectivity index (χ1v) is 14.4. The Balaban J connectivity index is 1.16. The normalized spacial score (nSPS) is 22.2. The van der Waals surface area contributed by atoms with Crippen molar-refractivity contribution in [3.8, 4) is 6.07 Å². The molecule has 0 radical (unpaired) electrons. The molecule has 1 saturated carbocycles. The third-order valence-electron chi connectivity index (χ3n) is 8.66. The smallest absolute Gasteiger partial charge is 0.187 e. The van der Waals surface area contributed by atoms with Gasteiger partial charge in [-0.25, -0.2) is 4.98 Å². The first-order valence-electron chi connectivity index (χ1n) is 13.6. The van der Waals surface area contributed by atoms with E-state index in [-0.39, 0.29) is 10.7 Å². The number of nitrogens with zero attached hydrogens (tertiary/aromatic N) is 6. The first kappa shape index (κ1) is 25.5. The number of thiocarbonyl (C=S) groups is 1. The molecule has 8 nitrogen and oxygen atoms in total. The van der Waals surface area contributed by atoms with Crippen molar-refractivity contribution < 1.29 is 0 Å². The summed E-state index contributed by atoms with van der Waals surface area (Å²) in [5.74, 6) is 1.23. The summed E-state index contributed by atoms with van der Waals surface area (Å²) in [5, 5.41) is 22.6. The highest BCUT2D eigenvalue weighted by molar-refractivity contribution is 7.81. The molecule has 0 bridgehead atoms. The number of nitriles is 1. The third kappa shape index (κ3) is 4.43. The van der Waals surface area contributed by atoms with Gasteiger partial charge in [0.25, 0.3) is 0 Å². The molecule has 4 aliphatic rings. The number of anilines is 3. The van der Waals surface area contributed by atoms with Crippen molar-refractivity contribution in [3.05, 3.63) is 47.2 Å². The molecule has 1 aromatic carbocycles. The van der Waals surface area contributed by atoms with Gasteiger partial charge in [0.2, 0.25) is 0 Å². The van der Waals surface area contributed by atoms with Gasteiger partial charge in [0, 0.05) is 57.2 Å². The van der Waals surface area contributed by atoms with Gasteiger partial charge in [0.05, 0.1) is 16.9 Å². The van der Waals surface area contributed by atoms with E-state index in [9.17, 15) is 5.26 Å². The zero-order valence-corrected chi connectivity index (χ0v) is 23.1. The molecule has 10 heteroatoms. The van der Waals surface area contributed by atoms with Crippen LogP contribution in [-0.4, -0.2) is 72.2 Å². The lowest BCUT2D eigenvalue weighted by atomic mass is 9.75.